The van der Waals surface area contributed by atoms with Gasteiger partial charge in [-0.3, -0.25) is 0 Å². The molecule has 5 heteroatoms. The van der Waals surface area contributed by atoms with Gasteiger partial charge in [-0.2, -0.15) is 0 Å². The molecule has 2 rings (SSSR count). The number of nitrogens with zero attached hydrogens (tertiary/aromatic N) is 4. The summed E-state index contributed by atoms with van der Waals surface area (Å²) < 4.78 is 0. The van der Waals surface area contributed by atoms with Crippen LogP contribution >= 0.6 is 0 Å². The third-order valence-corrected chi connectivity index (χ3v) is 3.52. The van der Waals surface area contributed by atoms with Crippen LogP contribution in [0.15, 0.2) is 12.4 Å². The molecule has 1 fully saturated rings. The summed E-state index contributed by atoms with van der Waals surface area (Å²) in [7, 11) is 2.14. The molecule has 18 heavy (non-hydrogen) atoms. The fourth-order valence-corrected chi connectivity index (χ4v) is 2.35. The molecule has 1 saturated heterocycles. The fraction of sp³-hybridized carbons (Fsp3) is 0.692. The standard InChI is InChI=1S/C13H23N5/c1-10(2)12-6-13(16-9-15-12)18-5-4-17(3)8-11(18)7-14/h6,9-11H,4-5,7-8,14H2,1-3H3. The van der Waals surface area contributed by atoms with E-state index in [1.807, 2.05) is 0 Å². The smallest absolute Gasteiger partial charge is 0.132 e. The summed E-state index contributed by atoms with van der Waals surface area (Å²) in [6.07, 6.45) is 1.66. The van der Waals surface area contributed by atoms with Crippen LogP contribution in [0, 0.1) is 0 Å². The van der Waals surface area contributed by atoms with Crippen molar-refractivity contribution in [2.75, 3.05) is 38.1 Å². The van der Waals surface area contributed by atoms with Crippen LogP contribution in [0.25, 0.3) is 0 Å². The van der Waals surface area contributed by atoms with E-state index in [-0.39, 0.29) is 0 Å². The van der Waals surface area contributed by atoms with Crippen LogP contribution in [0.1, 0.15) is 25.5 Å². The summed E-state index contributed by atoms with van der Waals surface area (Å²) in [5.41, 5.74) is 6.97. The molecule has 0 amide bonds. The van der Waals surface area contributed by atoms with Gasteiger partial charge in [0.15, 0.2) is 0 Å². The minimum atomic E-state index is 0.346. The zero-order valence-corrected chi connectivity index (χ0v) is 11.5. The molecular formula is C13H23N5. The molecule has 0 radical (unpaired) electrons. The lowest BCUT2D eigenvalue weighted by molar-refractivity contribution is 0.268. The van der Waals surface area contributed by atoms with Crippen LogP contribution in [-0.4, -0.2) is 54.1 Å². The zero-order valence-electron chi connectivity index (χ0n) is 11.5. The quantitative estimate of drug-likeness (QED) is 0.853. The highest BCUT2D eigenvalue weighted by Crippen LogP contribution is 2.20. The van der Waals surface area contributed by atoms with Gasteiger partial charge in [-0.15, -0.1) is 0 Å². The molecule has 1 unspecified atom stereocenters. The lowest BCUT2D eigenvalue weighted by Crippen LogP contribution is -2.55. The SMILES string of the molecule is CC(C)c1cc(N2CCN(C)CC2CN)ncn1. The number of piperazine rings is 1. The van der Waals surface area contributed by atoms with Crippen molar-refractivity contribution in [1.29, 1.82) is 0 Å². The first kappa shape index (κ1) is 13.2. The number of nitrogens with two attached hydrogens (primary N) is 1. The van der Waals surface area contributed by atoms with Crippen molar-refractivity contribution in [2.45, 2.75) is 25.8 Å². The maximum absolute atomic E-state index is 5.88. The van der Waals surface area contributed by atoms with Gasteiger partial charge >= 0.3 is 0 Å². The van der Waals surface area contributed by atoms with Gasteiger partial charge in [0.05, 0.1) is 6.04 Å². The highest BCUT2D eigenvalue weighted by Gasteiger charge is 2.25. The number of hydrogen-bond donors (Lipinski definition) is 1. The van der Waals surface area contributed by atoms with Crippen LogP contribution in [0.3, 0.4) is 0 Å². The average Bonchev–Trinajstić information content (AvgIpc) is 2.38. The Hall–Kier alpha value is -1.20. The van der Waals surface area contributed by atoms with Crippen LogP contribution in [-0.2, 0) is 0 Å². The van der Waals surface area contributed by atoms with Crippen LogP contribution in [0.4, 0.5) is 5.82 Å². The van der Waals surface area contributed by atoms with Crippen LogP contribution in [0.5, 0.6) is 0 Å². The van der Waals surface area contributed by atoms with Crippen molar-refractivity contribution >= 4 is 5.82 Å². The lowest BCUT2D eigenvalue weighted by atomic mass is 10.1. The molecule has 0 spiro atoms. The molecule has 1 aliphatic rings. The summed E-state index contributed by atoms with van der Waals surface area (Å²) in [4.78, 5) is 13.4. The molecule has 0 bridgehead atoms. The van der Waals surface area contributed by atoms with Crippen molar-refractivity contribution in [3.05, 3.63) is 18.1 Å². The van der Waals surface area contributed by atoms with Gasteiger partial charge < -0.3 is 15.5 Å². The van der Waals surface area contributed by atoms with Gasteiger partial charge in [0.1, 0.15) is 12.1 Å². The first-order chi connectivity index (χ1) is 8.61. The molecule has 5 nitrogen and oxygen atoms in total. The second-order valence-electron chi connectivity index (χ2n) is 5.30. The summed E-state index contributed by atoms with van der Waals surface area (Å²) >= 11 is 0. The van der Waals surface area contributed by atoms with Gasteiger partial charge in [0.25, 0.3) is 0 Å². The van der Waals surface area contributed by atoms with Crippen molar-refractivity contribution in [1.82, 2.24) is 14.9 Å². The van der Waals surface area contributed by atoms with E-state index in [1.165, 1.54) is 0 Å². The highest BCUT2D eigenvalue weighted by atomic mass is 15.3. The number of hydrogen-bond acceptors (Lipinski definition) is 5. The van der Waals surface area contributed by atoms with Crippen molar-refractivity contribution in [2.24, 2.45) is 5.73 Å². The summed E-state index contributed by atoms with van der Waals surface area (Å²) in [6, 6.07) is 2.44. The van der Waals surface area contributed by atoms with Crippen LogP contribution < -0.4 is 10.6 Å². The van der Waals surface area contributed by atoms with Crippen molar-refractivity contribution < 1.29 is 0 Å². The van der Waals surface area contributed by atoms with Gasteiger partial charge in [-0.25, -0.2) is 9.97 Å². The van der Waals surface area contributed by atoms with Gasteiger partial charge in [-0.1, -0.05) is 13.8 Å². The molecule has 100 valence electrons. The molecule has 0 saturated carbocycles. The van der Waals surface area contributed by atoms with E-state index in [1.54, 1.807) is 6.33 Å². The third kappa shape index (κ3) is 2.79. The number of likely N-dealkylation sites (N-methyl/N-ethyl adjacent to an activating group) is 1. The van der Waals surface area contributed by atoms with E-state index < -0.39 is 0 Å². The van der Waals surface area contributed by atoms with Crippen molar-refractivity contribution in [3.8, 4) is 0 Å². The van der Waals surface area contributed by atoms with Gasteiger partial charge in [0.2, 0.25) is 0 Å². The summed E-state index contributed by atoms with van der Waals surface area (Å²) in [5, 5.41) is 0. The Kier molecular flexibility index (Phi) is 4.14. The van der Waals surface area contributed by atoms with E-state index in [2.05, 4.69) is 46.7 Å². The van der Waals surface area contributed by atoms with E-state index in [0.29, 0.717) is 18.5 Å². The topological polar surface area (TPSA) is 58.3 Å². The molecule has 1 atom stereocenters. The Bertz CT molecular complexity index is 393. The molecule has 0 aliphatic carbocycles. The normalized spacial score (nSPS) is 21.6. The third-order valence-electron chi connectivity index (χ3n) is 3.52. The largest absolute Gasteiger partial charge is 0.350 e. The molecule has 1 aromatic rings. The second-order valence-corrected chi connectivity index (χ2v) is 5.30. The highest BCUT2D eigenvalue weighted by molar-refractivity contribution is 5.41. The van der Waals surface area contributed by atoms with E-state index in [4.69, 9.17) is 5.73 Å². The number of aromatic nitrogens is 2. The fourth-order valence-electron chi connectivity index (χ4n) is 2.35. The molecular weight excluding hydrogens is 226 g/mol. The molecule has 2 heterocycles. The number of rotatable bonds is 3. The lowest BCUT2D eigenvalue weighted by Gasteiger charge is -2.40. The molecule has 1 aliphatic heterocycles. The van der Waals surface area contributed by atoms with Crippen molar-refractivity contribution in [3.63, 3.8) is 0 Å². The Balaban J connectivity index is 2.21. The van der Waals surface area contributed by atoms with Gasteiger partial charge in [-0.05, 0) is 13.0 Å². The Morgan fingerprint density at radius 1 is 1.39 bits per heavy atom. The van der Waals surface area contributed by atoms with Crippen LogP contribution in [0.2, 0.25) is 0 Å². The monoisotopic (exact) mass is 249 g/mol. The first-order valence-electron chi connectivity index (χ1n) is 6.59. The Labute approximate surface area is 109 Å². The molecule has 2 N–H and O–H groups in total. The van der Waals surface area contributed by atoms with E-state index in [0.717, 1.165) is 31.1 Å². The second kappa shape index (κ2) is 5.63. The summed E-state index contributed by atoms with van der Waals surface area (Å²) in [5.74, 6) is 1.44. The maximum Gasteiger partial charge on any atom is 0.132 e. The average molecular weight is 249 g/mol. The number of anilines is 1. The first-order valence-corrected chi connectivity index (χ1v) is 6.59. The minimum Gasteiger partial charge on any atom is -0.350 e. The summed E-state index contributed by atoms with van der Waals surface area (Å²) in [6.45, 7) is 7.99. The van der Waals surface area contributed by atoms with E-state index >= 15 is 0 Å². The predicted octanol–water partition coefficient (Wildman–Crippen LogP) is 0.679. The maximum atomic E-state index is 5.88. The van der Waals surface area contributed by atoms with Gasteiger partial charge in [0, 0.05) is 37.9 Å². The minimum absolute atomic E-state index is 0.346. The molecule has 0 aromatic carbocycles. The van der Waals surface area contributed by atoms with E-state index in [9.17, 15) is 0 Å². The predicted molar refractivity (Wildman–Crippen MR) is 73.8 cm³/mol. The Morgan fingerprint density at radius 3 is 2.83 bits per heavy atom. The Morgan fingerprint density at radius 2 is 2.17 bits per heavy atom. The zero-order chi connectivity index (χ0) is 13.1. The molecule has 1 aromatic heterocycles.